The largest absolute Gasteiger partial charge is 0.507 e. The molecular formula is C20H13N3O2S. The lowest BCUT2D eigenvalue weighted by molar-refractivity contribution is 0.487. The molecule has 26 heavy (non-hydrogen) atoms. The second-order valence-electron chi connectivity index (χ2n) is 5.76. The van der Waals surface area contributed by atoms with Crippen LogP contribution in [0.15, 0.2) is 87.2 Å². The Bertz CT molecular complexity index is 1170. The van der Waals surface area contributed by atoms with Gasteiger partial charge in [0.2, 0.25) is 0 Å². The van der Waals surface area contributed by atoms with Crippen molar-refractivity contribution in [2.45, 2.75) is 4.90 Å². The van der Waals surface area contributed by atoms with E-state index in [4.69, 9.17) is 12.6 Å². The van der Waals surface area contributed by atoms with Gasteiger partial charge in [0.25, 0.3) is 0 Å². The van der Waals surface area contributed by atoms with E-state index >= 15 is 0 Å². The summed E-state index contributed by atoms with van der Waals surface area (Å²) in [5.74, 6) is 0.142. The molecule has 0 fully saturated rings. The van der Waals surface area contributed by atoms with E-state index in [-0.39, 0.29) is 5.75 Å². The average molecular weight is 359 g/mol. The molecule has 0 aliphatic carbocycles. The van der Waals surface area contributed by atoms with E-state index in [9.17, 15) is 10.0 Å². The molecule has 0 aliphatic heterocycles. The maximum Gasteiger partial charge on any atom is 0.131 e. The third-order valence-electron chi connectivity index (χ3n) is 4.37. The Labute approximate surface area is 154 Å². The molecule has 0 unspecified atom stereocenters. The van der Waals surface area contributed by atoms with Gasteiger partial charge in [0.05, 0.1) is 0 Å². The van der Waals surface area contributed by atoms with Gasteiger partial charge in [-0.2, -0.15) is 0 Å². The van der Waals surface area contributed by atoms with Crippen LogP contribution in [-0.2, 0) is 0 Å². The Morgan fingerprint density at radius 1 is 0.808 bits per heavy atom. The molecule has 0 aliphatic rings. The van der Waals surface area contributed by atoms with Crippen LogP contribution in [0.5, 0.6) is 5.75 Å². The minimum atomic E-state index is 0.142. The SMILES string of the molecule is O=NN=Nc1c(-c2ccccc2)ccc2c(O)c3ccccc3c(S)c12. The molecule has 0 radical (unpaired) electrons. The van der Waals surface area contributed by atoms with Crippen LogP contribution in [0, 0.1) is 4.91 Å². The lowest BCUT2D eigenvalue weighted by atomic mass is 9.95. The maximum atomic E-state index is 10.8. The van der Waals surface area contributed by atoms with E-state index < -0.39 is 0 Å². The zero-order chi connectivity index (χ0) is 18.1. The van der Waals surface area contributed by atoms with Gasteiger partial charge in [0.1, 0.15) is 16.7 Å². The lowest BCUT2D eigenvalue weighted by Crippen LogP contribution is -1.86. The molecule has 4 aromatic carbocycles. The van der Waals surface area contributed by atoms with E-state index in [0.29, 0.717) is 26.7 Å². The van der Waals surface area contributed by atoms with Gasteiger partial charge in [-0.25, -0.2) is 0 Å². The van der Waals surface area contributed by atoms with Crippen LogP contribution in [0.3, 0.4) is 0 Å². The molecular weight excluding hydrogens is 346 g/mol. The topological polar surface area (TPSA) is 74.4 Å². The van der Waals surface area contributed by atoms with Crippen LogP contribution >= 0.6 is 12.6 Å². The highest BCUT2D eigenvalue weighted by Gasteiger charge is 2.18. The Morgan fingerprint density at radius 2 is 1.50 bits per heavy atom. The third-order valence-corrected chi connectivity index (χ3v) is 4.84. The number of phenolic OH excluding ortho intramolecular Hbond substituents is 1. The molecule has 4 rings (SSSR count). The van der Waals surface area contributed by atoms with Crippen molar-refractivity contribution in [3.63, 3.8) is 0 Å². The predicted octanol–water partition coefficient (Wildman–Crippen LogP) is 6.42. The molecule has 0 heterocycles. The number of hydrogen-bond acceptors (Lipinski definition) is 4. The van der Waals surface area contributed by atoms with Crippen molar-refractivity contribution in [3.8, 4) is 16.9 Å². The Balaban J connectivity index is 2.19. The number of nitrogens with zero attached hydrogens (tertiary/aromatic N) is 3. The van der Waals surface area contributed by atoms with Crippen molar-refractivity contribution in [3.05, 3.63) is 71.6 Å². The summed E-state index contributed by atoms with van der Waals surface area (Å²) in [7, 11) is 0. The van der Waals surface area contributed by atoms with Crippen molar-refractivity contribution in [1.29, 1.82) is 0 Å². The number of aromatic hydroxyl groups is 1. The molecule has 0 spiro atoms. The minimum absolute atomic E-state index is 0.142. The number of hydrogen-bond donors (Lipinski definition) is 2. The number of rotatable bonds is 3. The summed E-state index contributed by atoms with van der Waals surface area (Å²) in [5.41, 5.74) is 2.13. The monoisotopic (exact) mass is 359 g/mol. The molecule has 0 saturated carbocycles. The average Bonchev–Trinajstić information content (AvgIpc) is 2.70. The molecule has 0 atom stereocenters. The van der Waals surface area contributed by atoms with Crippen molar-refractivity contribution < 1.29 is 5.11 Å². The summed E-state index contributed by atoms with van der Waals surface area (Å²) >= 11 is 4.69. The van der Waals surface area contributed by atoms with Crippen LogP contribution in [0.25, 0.3) is 32.7 Å². The predicted molar refractivity (Wildman–Crippen MR) is 106 cm³/mol. The second-order valence-corrected chi connectivity index (χ2v) is 6.21. The van der Waals surface area contributed by atoms with Crippen molar-refractivity contribution in [2.75, 3.05) is 0 Å². The van der Waals surface area contributed by atoms with Gasteiger partial charge >= 0.3 is 0 Å². The minimum Gasteiger partial charge on any atom is -0.507 e. The van der Waals surface area contributed by atoms with Crippen LogP contribution < -0.4 is 0 Å². The highest BCUT2D eigenvalue weighted by atomic mass is 32.1. The highest BCUT2D eigenvalue weighted by molar-refractivity contribution is 7.80. The molecule has 4 aromatic rings. The third kappa shape index (κ3) is 2.51. The van der Waals surface area contributed by atoms with E-state index in [1.807, 2.05) is 66.7 Å². The molecule has 6 heteroatoms. The van der Waals surface area contributed by atoms with Crippen molar-refractivity contribution in [1.82, 2.24) is 0 Å². The summed E-state index contributed by atoms with van der Waals surface area (Å²) in [6.07, 6.45) is 0. The fourth-order valence-electron chi connectivity index (χ4n) is 3.22. The summed E-state index contributed by atoms with van der Waals surface area (Å²) < 4.78 is 0. The molecule has 0 aromatic heterocycles. The normalized spacial score (nSPS) is 11.4. The molecule has 5 nitrogen and oxygen atoms in total. The number of benzene rings is 4. The molecule has 1 N–H and O–H groups in total. The smallest absolute Gasteiger partial charge is 0.131 e. The van der Waals surface area contributed by atoms with Gasteiger partial charge in [-0.05, 0) is 22.2 Å². The molecule has 0 amide bonds. The second kappa shape index (κ2) is 6.57. The summed E-state index contributed by atoms with van der Waals surface area (Å²) in [6, 6.07) is 20.7. The zero-order valence-electron chi connectivity index (χ0n) is 13.5. The fourth-order valence-corrected chi connectivity index (χ4v) is 3.64. The van der Waals surface area contributed by atoms with Crippen LogP contribution in [0.4, 0.5) is 5.69 Å². The van der Waals surface area contributed by atoms with Crippen LogP contribution in [0.1, 0.15) is 0 Å². The van der Waals surface area contributed by atoms with Crippen LogP contribution in [-0.4, -0.2) is 5.11 Å². The van der Waals surface area contributed by atoms with Gasteiger partial charge in [-0.15, -0.1) is 22.7 Å². The van der Waals surface area contributed by atoms with Crippen molar-refractivity contribution >= 4 is 39.9 Å². The number of phenols is 1. The highest BCUT2D eigenvalue weighted by Crippen LogP contribution is 2.46. The number of nitroso groups, excluding NO2 is 1. The number of thiol groups is 1. The first-order valence-electron chi connectivity index (χ1n) is 7.90. The quantitative estimate of drug-likeness (QED) is 0.146. The molecule has 0 saturated heterocycles. The summed E-state index contributed by atoms with van der Waals surface area (Å²) in [4.78, 5) is 11.2. The Hall–Kier alpha value is -3.25. The Kier molecular flexibility index (Phi) is 4.10. The van der Waals surface area contributed by atoms with Gasteiger partial charge in [0.15, 0.2) is 0 Å². The number of fused-ring (bicyclic) bond motifs is 2. The van der Waals surface area contributed by atoms with E-state index in [1.165, 1.54) is 0 Å². The summed E-state index contributed by atoms with van der Waals surface area (Å²) in [6.45, 7) is 0. The first-order chi connectivity index (χ1) is 12.7. The van der Waals surface area contributed by atoms with E-state index in [0.717, 1.165) is 16.5 Å². The van der Waals surface area contributed by atoms with Crippen LogP contribution in [0.2, 0.25) is 0 Å². The zero-order valence-corrected chi connectivity index (χ0v) is 14.4. The lowest BCUT2D eigenvalue weighted by Gasteiger charge is -2.14. The van der Waals surface area contributed by atoms with Crippen molar-refractivity contribution in [2.24, 2.45) is 15.6 Å². The Morgan fingerprint density at radius 3 is 2.23 bits per heavy atom. The van der Waals surface area contributed by atoms with Gasteiger partial charge < -0.3 is 5.11 Å². The molecule has 0 bridgehead atoms. The standard InChI is InChI=1S/C20H13N3O2S/c24-19-14-8-4-5-9-15(14)20(26)17-16(19)11-10-13(18(17)21-22-23-25)12-6-2-1-3-7-12/h1-11,24,26H. The maximum absolute atomic E-state index is 10.8. The van der Waals surface area contributed by atoms with Gasteiger partial charge in [-0.1, -0.05) is 60.7 Å². The van der Waals surface area contributed by atoms with E-state index in [2.05, 4.69) is 15.6 Å². The van der Waals surface area contributed by atoms with Gasteiger partial charge in [0, 0.05) is 26.6 Å². The first-order valence-corrected chi connectivity index (χ1v) is 8.35. The van der Waals surface area contributed by atoms with Gasteiger partial charge in [-0.3, -0.25) is 0 Å². The first kappa shape index (κ1) is 16.2. The summed E-state index contributed by atoms with van der Waals surface area (Å²) in [5, 5.41) is 23.3. The molecule has 126 valence electrons. The fraction of sp³-hybridized carbons (Fsp3) is 0. The van der Waals surface area contributed by atoms with E-state index in [1.54, 1.807) is 0 Å².